The molecule has 0 saturated carbocycles. The molecule has 3 N–H and O–H groups in total. The van der Waals surface area contributed by atoms with Crippen LogP contribution >= 0.6 is 23.1 Å². The van der Waals surface area contributed by atoms with Crippen molar-refractivity contribution >= 4 is 45.9 Å². The van der Waals surface area contributed by atoms with Gasteiger partial charge in [0, 0.05) is 10.5 Å². The highest BCUT2D eigenvalue weighted by Gasteiger charge is 2.25. The molecule has 0 aliphatic carbocycles. The number of thiophene rings is 1. The van der Waals surface area contributed by atoms with Crippen molar-refractivity contribution in [2.24, 2.45) is 5.73 Å². The molecule has 6 nitrogen and oxygen atoms in total. The first-order valence-corrected chi connectivity index (χ1v) is 8.90. The smallest absolute Gasteiger partial charge is 0.348 e. The number of methoxy groups -OCH3 is 1. The molecule has 0 bridgehead atoms. The van der Waals surface area contributed by atoms with Crippen LogP contribution < -0.4 is 11.1 Å². The molecule has 0 aliphatic rings. The normalized spacial score (nSPS) is 10.3. The maximum atomic E-state index is 12.4. The third-order valence-electron chi connectivity index (χ3n) is 3.34. The first-order chi connectivity index (χ1) is 11.4. The number of ether oxygens (including phenoxy) is 1. The summed E-state index contributed by atoms with van der Waals surface area (Å²) in [7, 11) is 1.25. The van der Waals surface area contributed by atoms with E-state index in [1.165, 1.54) is 7.11 Å². The Labute approximate surface area is 147 Å². The molecular weight excluding hydrogens is 348 g/mol. The summed E-state index contributed by atoms with van der Waals surface area (Å²) in [6.45, 7) is 1.59. The van der Waals surface area contributed by atoms with Gasteiger partial charge in [0.25, 0.3) is 11.8 Å². The summed E-state index contributed by atoms with van der Waals surface area (Å²) in [5, 5.41) is 2.89. The molecule has 0 atom stereocenters. The molecule has 8 heteroatoms. The first kappa shape index (κ1) is 18.0. The van der Waals surface area contributed by atoms with Crippen LogP contribution in [0, 0.1) is 6.92 Å². The zero-order valence-corrected chi connectivity index (χ0v) is 15.0. The maximum Gasteiger partial charge on any atom is 0.348 e. The second-order valence-corrected chi connectivity index (χ2v) is 6.70. The van der Waals surface area contributed by atoms with Crippen LogP contribution in [0.15, 0.2) is 29.2 Å². The standard InChI is InChI=1S/C16H16N2O4S2/c1-8-11(13(17)19)15(24-12(8)16(21)22-2)18-14(20)9-4-6-10(23-3)7-5-9/h4-7H,1-3H3,(H2,17,19)(H,18,20). The van der Waals surface area contributed by atoms with Gasteiger partial charge in [-0.05, 0) is 43.0 Å². The van der Waals surface area contributed by atoms with Crippen LogP contribution in [0.3, 0.4) is 0 Å². The molecule has 0 radical (unpaired) electrons. The number of esters is 1. The van der Waals surface area contributed by atoms with Crippen molar-refractivity contribution in [3.05, 3.63) is 45.8 Å². The molecule has 2 rings (SSSR count). The number of hydrogen-bond donors (Lipinski definition) is 2. The average molecular weight is 364 g/mol. The number of thioether (sulfide) groups is 1. The Morgan fingerprint density at radius 2 is 1.83 bits per heavy atom. The van der Waals surface area contributed by atoms with Gasteiger partial charge in [-0.15, -0.1) is 23.1 Å². The van der Waals surface area contributed by atoms with Gasteiger partial charge in [-0.2, -0.15) is 0 Å². The van der Waals surface area contributed by atoms with Crippen molar-refractivity contribution in [1.82, 2.24) is 0 Å². The summed E-state index contributed by atoms with van der Waals surface area (Å²) in [5.74, 6) is -1.68. The van der Waals surface area contributed by atoms with Crippen molar-refractivity contribution in [2.75, 3.05) is 18.7 Å². The average Bonchev–Trinajstić information content (AvgIpc) is 2.90. The summed E-state index contributed by atoms with van der Waals surface area (Å²) < 4.78 is 4.68. The molecule has 24 heavy (non-hydrogen) atoms. The molecule has 2 aromatic rings. The third kappa shape index (κ3) is 3.60. The van der Waals surface area contributed by atoms with Crippen LogP contribution in [0.2, 0.25) is 0 Å². The quantitative estimate of drug-likeness (QED) is 0.628. The first-order valence-electron chi connectivity index (χ1n) is 6.86. The second-order valence-electron chi connectivity index (χ2n) is 4.80. The van der Waals surface area contributed by atoms with Crippen LogP contribution in [-0.2, 0) is 4.74 Å². The maximum absolute atomic E-state index is 12.4. The van der Waals surface area contributed by atoms with E-state index in [0.29, 0.717) is 11.1 Å². The fourth-order valence-corrected chi connectivity index (χ4v) is 3.64. The topological polar surface area (TPSA) is 98.5 Å². The highest BCUT2D eigenvalue weighted by molar-refractivity contribution is 7.98. The fourth-order valence-electron chi connectivity index (χ4n) is 2.10. The van der Waals surface area contributed by atoms with Crippen LogP contribution in [-0.4, -0.2) is 31.1 Å². The Hall–Kier alpha value is -2.32. The number of nitrogens with one attached hydrogen (secondary N) is 1. The van der Waals surface area contributed by atoms with Gasteiger partial charge in [0.05, 0.1) is 12.7 Å². The predicted molar refractivity (Wildman–Crippen MR) is 95.1 cm³/mol. The number of primary amides is 1. The molecule has 0 spiro atoms. The van der Waals surface area contributed by atoms with Crippen molar-refractivity contribution in [3.63, 3.8) is 0 Å². The molecule has 0 aliphatic heterocycles. The van der Waals surface area contributed by atoms with E-state index in [4.69, 9.17) is 5.73 Å². The summed E-state index contributed by atoms with van der Waals surface area (Å²) in [4.78, 5) is 37.1. The zero-order valence-electron chi connectivity index (χ0n) is 13.3. The SMILES string of the molecule is COC(=O)c1sc(NC(=O)c2ccc(SC)cc2)c(C(N)=O)c1C. The predicted octanol–water partition coefficient (Wildman–Crippen LogP) is 2.92. The lowest BCUT2D eigenvalue weighted by Crippen LogP contribution is -2.17. The van der Waals surface area contributed by atoms with E-state index >= 15 is 0 Å². The molecule has 0 saturated heterocycles. The number of nitrogens with two attached hydrogens (primary N) is 1. The Morgan fingerprint density at radius 3 is 2.33 bits per heavy atom. The monoisotopic (exact) mass is 364 g/mol. The van der Waals surface area contributed by atoms with Crippen molar-refractivity contribution < 1.29 is 19.1 Å². The van der Waals surface area contributed by atoms with Gasteiger partial charge in [0.15, 0.2) is 0 Å². The van der Waals surface area contributed by atoms with E-state index in [1.54, 1.807) is 30.8 Å². The molecule has 1 aromatic heterocycles. The van der Waals surface area contributed by atoms with Gasteiger partial charge in [-0.1, -0.05) is 0 Å². The lowest BCUT2D eigenvalue weighted by molar-refractivity contribution is 0.0605. The molecule has 126 valence electrons. The Balaban J connectivity index is 2.35. The number of anilines is 1. The summed E-state index contributed by atoms with van der Waals surface area (Å²) in [6, 6.07) is 7.03. The lowest BCUT2D eigenvalue weighted by Gasteiger charge is -2.05. The molecule has 0 unspecified atom stereocenters. The van der Waals surface area contributed by atoms with Crippen molar-refractivity contribution in [1.29, 1.82) is 0 Å². The number of rotatable bonds is 5. The highest BCUT2D eigenvalue weighted by Crippen LogP contribution is 2.33. The van der Waals surface area contributed by atoms with Crippen LogP contribution in [0.25, 0.3) is 0 Å². The van der Waals surface area contributed by atoms with Crippen LogP contribution in [0.1, 0.15) is 36.0 Å². The summed E-state index contributed by atoms with van der Waals surface area (Å²) in [5.41, 5.74) is 6.34. The van der Waals surface area contributed by atoms with Gasteiger partial charge < -0.3 is 15.8 Å². The van der Waals surface area contributed by atoms with E-state index in [2.05, 4.69) is 10.1 Å². The van der Waals surface area contributed by atoms with Gasteiger partial charge in [-0.3, -0.25) is 9.59 Å². The van der Waals surface area contributed by atoms with Crippen molar-refractivity contribution in [2.45, 2.75) is 11.8 Å². The zero-order chi connectivity index (χ0) is 17.9. The third-order valence-corrected chi connectivity index (χ3v) is 5.27. The highest BCUT2D eigenvalue weighted by atomic mass is 32.2. The fraction of sp³-hybridized carbons (Fsp3) is 0.188. The Morgan fingerprint density at radius 1 is 1.21 bits per heavy atom. The number of benzene rings is 1. The molecule has 2 amide bonds. The number of amides is 2. The lowest BCUT2D eigenvalue weighted by atomic mass is 10.1. The summed E-state index contributed by atoms with van der Waals surface area (Å²) >= 11 is 2.53. The van der Waals surface area contributed by atoms with Gasteiger partial charge in [0.1, 0.15) is 9.88 Å². The number of hydrogen-bond acceptors (Lipinski definition) is 6. The molecule has 1 aromatic carbocycles. The van der Waals surface area contributed by atoms with Crippen LogP contribution in [0.5, 0.6) is 0 Å². The van der Waals surface area contributed by atoms with E-state index in [1.807, 2.05) is 18.4 Å². The van der Waals surface area contributed by atoms with Gasteiger partial charge in [0.2, 0.25) is 0 Å². The number of carbonyl (C=O) groups excluding carboxylic acids is 3. The van der Waals surface area contributed by atoms with Gasteiger partial charge in [-0.25, -0.2) is 4.79 Å². The Kier molecular flexibility index (Phi) is 5.63. The van der Waals surface area contributed by atoms with Gasteiger partial charge >= 0.3 is 5.97 Å². The molecular formula is C16H16N2O4S2. The minimum Gasteiger partial charge on any atom is -0.465 e. The minimum atomic E-state index is -0.716. The molecule has 1 heterocycles. The number of carbonyl (C=O) groups is 3. The van der Waals surface area contributed by atoms with E-state index < -0.39 is 11.9 Å². The van der Waals surface area contributed by atoms with Crippen molar-refractivity contribution in [3.8, 4) is 0 Å². The largest absolute Gasteiger partial charge is 0.465 e. The van der Waals surface area contributed by atoms with E-state index in [-0.39, 0.29) is 21.3 Å². The van der Waals surface area contributed by atoms with Crippen LogP contribution in [0.4, 0.5) is 5.00 Å². The minimum absolute atomic E-state index is 0.120. The van der Waals surface area contributed by atoms with E-state index in [0.717, 1.165) is 16.2 Å². The molecule has 0 fully saturated rings. The second kappa shape index (κ2) is 7.50. The summed E-state index contributed by atoms with van der Waals surface area (Å²) in [6.07, 6.45) is 1.94. The van der Waals surface area contributed by atoms with E-state index in [9.17, 15) is 14.4 Å². The Bertz CT molecular complexity index is 797.